The molecule has 2 aromatic rings. The molecule has 3 rings (SSSR count). The van der Waals surface area contributed by atoms with Crippen molar-refractivity contribution in [2.45, 2.75) is 52.0 Å². The summed E-state index contributed by atoms with van der Waals surface area (Å²) in [6.45, 7) is 6.87. The predicted molar refractivity (Wildman–Crippen MR) is 85.2 cm³/mol. The minimum absolute atomic E-state index is 0.493. The van der Waals surface area contributed by atoms with Gasteiger partial charge in [-0.1, -0.05) is 26.0 Å². The van der Waals surface area contributed by atoms with Gasteiger partial charge in [0.1, 0.15) is 5.82 Å². The number of halogens is 1. The Kier molecular flexibility index (Phi) is 3.76. The van der Waals surface area contributed by atoms with E-state index in [1.54, 1.807) is 0 Å². The average Bonchev–Trinajstić information content (AvgIpc) is 2.79. The highest BCUT2D eigenvalue weighted by Crippen LogP contribution is 2.39. The van der Waals surface area contributed by atoms with Crippen molar-refractivity contribution in [3.63, 3.8) is 0 Å². The number of hydrogen-bond donors (Lipinski definition) is 0. The first-order chi connectivity index (χ1) is 9.61. The summed E-state index contributed by atoms with van der Waals surface area (Å²) in [6, 6.07) is 7.00. The van der Waals surface area contributed by atoms with Crippen LogP contribution >= 0.6 is 11.6 Å². The highest BCUT2D eigenvalue weighted by molar-refractivity contribution is 6.16. The lowest BCUT2D eigenvalue weighted by Crippen LogP contribution is -2.25. The maximum absolute atomic E-state index is 6.17. The fraction of sp³-hybridized carbons (Fsp3) is 0.588. The quantitative estimate of drug-likeness (QED) is 0.705. The van der Waals surface area contributed by atoms with Crippen LogP contribution in [0.25, 0.3) is 11.0 Å². The summed E-state index contributed by atoms with van der Waals surface area (Å²) < 4.78 is 2.42. The summed E-state index contributed by atoms with van der Waals surface area (Å²) in [5.74, 6) is 3.06. The van der Waals surface area contributed by atoms with Crippen molar-refractivity contribution in [1.82, 2.24) is 9.55 Å². The predicted octanol–water partition coefficient (Wildman–Crippen LogP) is 5.08. The first-order valence-electron chi connectivity index (χ1n) is 7.64. The molecule has 1 aliphatic carbocycles. The van der Waals surface area contributed by atoms with E-state index in [-0.39, 0.29) is 0 Å². The second-order valence-electron chi connectivity index (χ2n) is 6.44. The Hall–Kier alpha value is -1.02. The lowest BCUT2D eigenvalue weighted by molar-refractivity contribution is 0.209. The van der Waals surface area contributed by atoms with Crippen LogP contribution in [0, 0.1) is 18.8 Å². The van der Waals surface area contributed by atoms with E-state index >= 15 is 0 Å². The zero-order chi connectivity index (χ0) is 14.3. The number of nitrogens with zero attached hydrogens (tertiary/aromatic N) is 2. The zero-order valence-corrected chi connectivity index (χ0v) is 13.3. The van der Waals surface area contributed by atoms with Gasteiger partial charge in [0.05, 0.1) is 16.9 Å². The minimum Gasteiger partial charge on any atom is -0.324 e. The van der Waals surface area contributed by atoms with Gasteiger partial charge in [-0.3, -0.25) is 0 Å². The maximum Gasteiger partial charge on any atom is 0.125 e. The van der Waals surface area contributed by atoms with Gasteiger partial charge in [-0.25, -0.2) is 4.98 Å². The highest BCUT2D eigenvalue weighted by atomic mass is 35.5. The van der Waals surface area contributed by atoms with Gasteiger partial charge in [0.25, 0.3) is 0 Å². The Balaban J connectivity index is 2.12. The lowest BCUT2D eigenvalue weighted by Gasteiger charge is -2.34. The number of para-hydroxylation sites is 1. The number of rotatable bonds is 2. The first-order valence-corrected chi connectivity index (χ1v) is 8.17. The van der Waals surface area contributed by atoms with Gasteiger partial charge in [-0.15, -0.1) is 11.6 Å². The van der Waals surface area contributed by atoms with Crippen LogP contribution < -0.4 is 0 Å². The lowest BCUT2D eigenvalue weighted by atomic mass is 9.79. The Morgan fingerprint density at radius 1 is 1.30 bits per heavy atom. The molecule has 1 aromatic carbocycles. The zero-order valence-electron chi connectivity index (χ0n) is 12.6. The molecule has 3 heteroatoms. The SMILES string of the molecule is Cc1cccc2c1nc(CCl)n2C1CCC(C)CC1C. The molecule has 0 radical (unpaired) electrons. The van der Waals surface area contributed by atoms with Gasteiger partial charge in [0.2, 0.25) is 0 Å². The summed E-state index contributed by atoms with van der Waals surface area (Å²) in [6.07, 6.45) is 3.85. The van der Waals surface area contributed by atoms with Gasteiger partial charge in [0.15, 0.2) is 0 Å². The van der Waals surface area contributed by atoms with Gasteiger partial charge < -0.3 is 4.57 Å². The van der Waals surface area contributed by atoms with Crippen molar-refractivity contribution in [2.75, 3.05) is 0 Å². The minimum atomic E-state index is 0.493. The van der Waals surface area contributed by atoms with Crippen LogP contribution in [0.15, 0.2) is 18.2 Å². The number of aryl methyl sites for hydroxylation is 1. The van der Waals surface area contributed by atoms with E-state index < -0.39 is 0 Å². The number of benzene rings is 1. The van der Waals surface area contributed by atoms with Crippen LogP contribution in [0.5, 0.6) is 0 Å². The molecule has 1 fully saturated rings. The smallest absolute Gasteiger partial charge is 0.125 e. The molecule has 20 heavy (non-hydrogen) atoms. The molecule has 1 saturated carbocycles. The standard InChI is InChI=1S/C17H23ClN2/c1-11-7-8-14(13(3)9-11)20-15-6-4-5-12(2)17(15)19-16(20)10-18/h4-6,11,13-14H,7-10H2,1-3H3. The second-order valence-corrected chi connectivity index (χ2v) is 6.70. The third-order valence-corrected chi connectivity index (χ3v) is 5.07. The van der Waals surface area contributed by atoms with Crippen LogP contribution in [-0.4, -0.2) is 9.55 Å². The molecule has 0 bridgehead atoms. The molecule has 1 aromatic heterocycles. The maximum atomic E-state index is 6.17. The van der Waals surface area contributed by atoms with Gasteiger partial charge in [-0.2, -0.15) is 0 Å². The Morgan fingerprint density at radius 3 is 2.80 bits per heavy atom. The fourth-order valence-electron chi connectivity index (χ4n) is 3.80. The van der Waals surface area contributed by atoms with Crippen molar-refractivity contribution < 1.29 is 0 Å². The number of aromatic nitrogens is 2. The number of hydrogen-bond acceptors (Lipinski definition) is 1. The van der Waals surface area contributed by atoms with Crippen LogP contribution in [0.4, 0.5) is 0 Å². The van der Waals surface area contributed by atoms with Crippen LogP contribution in [-0.2, 0) is 5.88 Å². The Labute approximate surface area is 126 Å². The fourth-order valence-corrected chi connectivity index (χ4v) is 3.99. The van der Waals surface area contributed by atoms with E-state index in [0.29, 0.717) is 17.8 Å². The number of alkyl halides is 1. The summed E-state index contributed by atoms with van der Waals surface area (Å²) in [5.41, 5.74) is 3.62. The summed E-state index contributed by atoms with van der Waals surface area (Å²) >= 11 is 6.17. The topological polar surface area (TPSA) is 17.8 Å². The summed E-state index contributed by atoms with van der Waals surface area (Å²) in [7, 11) is 0. The van der Waals surface area contributed by atoms with Gasteiger partial charge >= 0.3 is 0 Å². The molecule has 108 valence electrons. The van der Waals surface area contributed by atoms with Gasteiger partial charge in [-0.05, 0) is 49.7 Å². The van der Waals surface area contributed by atoms with E-state index in [1.165, 1.54) is 30.3 Å². The molecule has 1 heterocycles. The Bertz CT molecular complexity index is 617. The van der Waals surface area contributed by atoms with Crippen molar-refractivity contribution in [3.05, 3.63) is 29.6 Å². The van der Waals surface area contributed by atoms with E-state index in [9.17, 15) is 0 Å². The molecule has 0 spiro atoms. The van der Waals surface area contributed by atoms with E-state index in [4.69, 9.17) is 16.6 Å². The second kappa shape index (κ2) is 5.40. The van der Waals surface area contributed by atoms with Crippen molar-refractivity contribution in [3.8, 4) is 0 Å². The van der Waals surface area contributed by atoms with E-state index in [0.717, 1.165) is 17.3 Å². The molecule has 3 unspecified atom stereocenters. The Morgan fingerprint density at radius 2 is 2.10 bits per heavy atom. The monoisotopic (exact) mass is 290 g/mol. The third kappa shape index (κ3) is 2.24. The molecular weight excluding hydrogens is 268 g/mol. The van der Waals surface area contributed by atoms with E-state index in [1.807, 2.05) is 0 Å². The molecular formula is C17H23ClN2. The van der Waals surface area contributed by atoms with Crippen LogP contribution in [0.1, 0.15) is 50.5 Å². The van der Waals surface area contributed by atoms with Crippen LogP contribution in [0.2, 0.25) is 0 Å². The molecule has 0 aliphatic heterocycles. The number of imidazole rings is 1. The highest BCUT2D eigenvalue weighted by Gasteiger charge is 2.29. The molecule has 0 saturated heterocycles. The number of fused-ring (bicyclic) bond motifs is 1. The summed E-state index contributed by atoms with van der Waals surface area (Å²) in [5, 5.41) is 0. The van der Waals surface area contributed by atoms with E-state index in [2.05, 4.69) is 43.5 Å². The average molecular weight is 291 g/mol. The van der Waals surface area contributed by atoms with Crippen LogP contribution in [0.3, 0.4) is 0 Å². The van der Waals surface area contributed by atoms with Crippen molar-refractivity contribution in [2.24, 2.45) is 11.8 Å². The van der Waals surface area contributed by atoms with Gasteiger partial charge in [0, 0.05) is 6.04 Å². The molecule has 0 amide bonds. The van der Waals surface area contributed by atoms with Crippen molar-refractivity contribution >= 4 is 22.6 Å². The largest absolute Gasteiger partial charge is 0.324 e. The first kappa shape index (κ1) is 13.9. The van der Waals surface area contributed by atoms with Crippen molar-refractivity contribution in [1.29, 1.82) is 0 Å². The molecule has 1 aliphatic rings. The third-order valence-electron chi connectivity index (χ3n) is 4.83. The molecule has 2 nitrogen and oxygen atoms in total. The normalized spacial score (nSPS) is 27.1. The molecule has 0 N–H and O–H groups in total. The molecule has 3 atom stereocenters. The summed E-state index contributed by atoms with van der Waals surface area (Å²) in [4.78, 5) is 4.79.